The molecule has 3 unspecified atom stereocenters. The Balaban J connectivity index is 0.00000182. The zero-order chi connectivity index (χ0) is 17.6. The predicted octanol–water partition coefficient (Wildman–Crippen LogP) is 2.76. The molecular weight excluding hydrogens is 385 g/mol. The van der Waals surface area contributed by atoms with Crippen LogP contribution in [0, 0.1) is 5.92 Å². The van der Waals surface area contributed by atoms with E-state index in [2.05, 4.69) is 53.6 Å². The maximum atomic E-state index is 12.2. The average molecular weight is 418 g/mol. The van der Waals surface area contributed by atoms with Crippen molar-refractivity contribution in [3.63, 3.8) is 0 Å². The van der Waals surface area contributed by atoms with Crippen LogP contribution in [0.4, 0.5) is 0 Å². The lowest BCUT2D eigenvalue weighted by atomic mass is 9.99. The van der Waals surface area contributed by atoms with Crippen molar-refractivity contribution in [1.82, 2.24) is 15.5 Å². The summed E-state index contributed by atoms with van der Waals surface area (Å²) in [6, 6.07) is 8.60. The fraction of sp³-hybridized carbons (Fsp3) is 0.650. The quantitative estimate of drug-likeness (QED) is 0.772. The van der Waals surface area contributed by atoms with E-state index in [1.165, 1.54) is 5.56 Å². The first-order valence-electron chi connectivity index (χ1n) is 9.54. The number of morpholine rings is 1. The second kappa shape index (κ2) is 11.9. The summed E-state index contributed by atoms with van der Waals surface area (Å²) in [6.45, 7) is 9.65. The van der Waals surface area contributed by atoms with Crippen LogP contribution in [-0.2, 0) is 22.6 Å². The van der Waals surface area contributed by atoms with Crippen LogP contribution in [0.5, 0.6) is 0 Å². The number of hydrogen-bond donors (Lipinski definition) is 2. The molecule has 3 rings (SSSR count). The van der Waals surface area contributed by atoms with Crippen molar-refractivity contribution in [3.05, 3.63) is 35.4 Å². The third-order valence-corrected chi connectivity index (χ3v) is 5.06. The molecule has 0 radical (unpaired) electrons. The number of carbonyl (C=O) groups excluding carboxylic acids is 1. The fourth-order valence-electron chi connectivity index (χ4n) is 3.84. The van der Waals surface area contributed by atoms with Crippen molar-refractivity contribution in [1.29, 1.82) is 0 Å². The molecule has 0 aromatic heterocycles. The largest absolute Gasteiger partial charge is 0.373 e. The van der Waals surface area contributed by atoms with Crippen molar-refractivity contribution in [2.75, 3.05) is 26.2 Å². The highest BCUT2D eigenvalue weighted by molar-refractivity contribution is 5.85. The van der Waals surface area contributed by atoms with E-state index in [9.17, 15) is 4.79 Å². The summed E-state index contributed by atoms with van der Waals surface area (Å²) >= 11 is 0. The summed E-state index contributed by atoms with van der Waals surface area (Å²) in [6.07, 6.45) is 2.68. The Labute approximate surface area is 175 Å². The summed E-state index contributed by atoms with van der Waals surface area (Å²) in [5.74, 6) is 0.297. The topological polar surface area (TPSA) is 53.6 Å². The lowest BCUT2D eigenvalue weighted by Crippen LogP contribution is -2.44. The number of benzene rings is 1. The molecule has 27 heavy (non-hydrogen) atoms. The summed E-state index contributed by atoms with van der Waals surface area (Å²) in [7, 11) is 0. The molecule has 7 heteroatoms. The minimum atomic E-state index is 0. The molecule has 0 bridgehead atoms. The van der Waals surface area contributed by atoms with Crippen molar-refractivity contribution >= 4 is 30.7 Å². The van der Waals surface area contributed by atoms with Crippen LogP contribution < -0.4 is 10.6 Å². The van der Waals surface area contributed by atoms with Gasteiger partial charge in [0.1, 0.15) is 0 Å². The fourth-order valence-corrected chi connectivity index (χ4v) is 3.84. The van der Waals surface area contributed by atoms with Gasteiger partial charge in [-0.05, 0) is 44.4 Å². The van der Waals surface area contributed by atoms with Crippen LogP contribution in [0.3, 0.4) is 0 Å². The maximum Gasteiger partial charge on any atom is 0.224 e. The molecule has 2 N–H and O–H groups in total. The van der Waals surface area contributed by atoms with Crippen LogP contribution in [-0.4, -0.2) is 49.2 Å². The molecule has 154 valence electrons. The summed E-state index contributed by atoms with van der Waals surface area (Å²) in [4.78, 5) is 14.6. The zero-order valence-electron chi connectivity index (χ0n) is 16.3. The number of ether oxygens (including phenoxy) is 1. The van der Waals surface area contributed by atoms with Crippen molar-refractivity contribution < 1.29 is 9.53 Å². The summed E-state index contributed by atoms with van der Waals surface area (Å²) in [5, 5.41) is 6.37. The van der Waals surface area contributed by atoms with E-state index >= 15 is 0 Å². The number of hydrogen-bond acceptors (Lipinski definition) is 4. The lowest BCUT2D eigenvalue weighted by molar-refractivity contribution is -0.125. The first kappa shape index (κ1) is 24.2. The van der Waals surface area contributed by atoms with Crippen LogP contribution in [0.15, 0.2) is 24.3 Å². The minimum Gasteiger partial charge on any atom is -0.373 e. The SMILES string of the molecule is CC1CN(Cc2ccc(CNC(=O)C3CCCNC3)cc2)CC(C)O1.Cl.Cl. The monoisotopic (exact) mass is 417 g/mol. The average Bonchev–Trinajstić information content (AvgIpc) is 2.61. The van der Waals surface area contributed by atoms with E-state index in [-0.39, 0.29) is 36.6 Å². The molecule has 2 saturated heterocycles. The molecule has 1 amide bonds. The van der Waals surface area contributed by atoms with E-state index in [4.69, 9.17) is 4.74 Å². The van der Waals surface area contributed by atoms with Gasteiger partial charge in [-0.2, -0.15) is 0 Å². The highest BCUT2D eigenvalue weighted by Crippen LogP contribution is 2.15. The Morgan fingerprint density at radius 2 is 1.78 bits per heavy atom. The Morgan fingerprint density at radius 1 is 1.15 bits per heavy atom. The molecule has 0 aliphatic carbocycles. The molecule has 1 aromatic rings. The molecule has 2 aliphatic heterocycles. The Hall–Kier alpha value is -0.850. The molecule has 2 aliphatic rings. The summed E-state index contributed by atoms with van der Waals surface area (Å²) in [5.41, 5.74) is 2.47. The molecule has 5 nitrogen and oxygen atoms in total. The van der Waals surface area contributed by atoms with Gasteiger partial charge < -0.3 is 15.4 Å². The Bertz CT molecular complexity index is 555. The minimum absolute atomic E-state index is 0. The molecular formula is C20H33Cl2N3O2. The van der Waals surface area contributed by atoms with Gasteiger partial charge in [-0.15, -0.1) is 24.8 Å². The predicted molar refractivity (Wildman–Crippen MR) is 114 cm³/mol. The van der Waals surface area contributed by atoms with Gasteiger partial charge in [-0.25, -0.2) is 0 Å². The number of rotatable bonds is 5. The molecule has 1 aromatic carbocycles. The summed E-state index contributed by atoms with van der Waals surface area (Å²) < 4.78 is 5.79. The number of nitrogens with zero attached hydrogens (tertiary/aromatic N) is 1. The number of nitrogens with one attached hydrogen (secondary N) is 2. The van der Waals surface area contributed by atoms with E-state index in [0.29, 0.717) is 18.8 Å². The van der Waals surface area contributed by atoms with Gasteiger partial charge in [-0.3, -0.25) is 9.69 Å². The highest BCUT2D eigenvalue weighted by Gasteiger charge is 2.22. The molecule has 0 spiro atoms. The van der Waals surface area contributed by atoms with Crippen LogP contribution in [0.2, 0.25) is 0 Å². The van der Waals surface area contributed by atoms with E-state index in [0.717, 1.165) is 51.1 Å². The van der Waals surface area contributed by atoms with E-state index < -0.39 is 0 Å². The lowest BCUT2D eigenvalue weighted by Gasteiger charge is -2.35. The van der Waals surface area contributed by atoms with Gasteiger partial charge >= 0.3 is 0 Å². The van der Waals surface area contributed by atoms with Crippen molar-refractivity contribution in [2.24, 2.45) is 5.92 Å². The van der Waals surface area contributed by atoms with Crippen molar-refractivity contribution in [2.45, 2.75) is 52.0 Å². The van der Waals surface area contributed by atoms with Gasteiger partial charge in [0.15, 0.2) is 0 Å². The molecule has 2 heterocycles. The molecule has 3 atom stereocenters. The number of piperidine rings is 1. The van der Waals surface area contributed by atoms with Gasteiger partial charge in [0.2, 0.25) is 5.91 Å². The van der Waals surface area contributed by atoms with Crippen LogP contribution >= 0.6 is 24.8 Å². The first-order chi connectivity index (χ1) is 12.1. The smallest absolute Gasteiger partial charge is 0.224 e. The second-order valence-corrected chi connectivity index (χ2v) is 7.53. The van der Waals surface area contributed by atoms with E-state index in [1.807, 2.05) is 0 Å². The number of carbonyl (C=O) groups is 1. The first-order valence-corrected chi connectivity index (χ1v) is 9.54. The second-order valence-electron chi connectivity index (χ2n) is 7.53. The standard InChI is InChI=1S/C20H31N3O2.2ClH/c1-15-12-23(13-16(2)25-15)14-18-7-5-17(6-8-18)10-22-20(24)19-4-3-9-21-11-19;;/h5-8,15-16,19,21H,3-4,9-14H2,1-2H3,(H,22,24);2*1H. The Kier molecular flexibility index (Phi) is 10.6. The van der Waals surface area contributed by atoms with Gasteiger partial charge in [0.05, 0.1) is 18.1 Å². The van der Waals surface area contributed by atoms with Gasteiger partial charge in [0.25, 0.3) is 0 Å². The molecule has 0 saturated carbocycles. The molecule has 2 fully saturated rings. The third-order valence-electron chi connectivity index (χ3n) is 5.06. The maximum absolute atomic E-state index is 12.2. The number of amides is 1. The van der Waals surface area contributed by atoms with Crippen LogP contribution in [0.1, 0.15) is 37.8 Å². The highest BCUT2D eigenvalue weighted by atomic mass is 35.5. The van der Waals surface area contributed by atoms with Crippen molar-refractivity contribution in [3.8, 4) is 0 Å². The zero-order valence-corrected chi connectivity index (χ0v) is 17.9. The van der Waals surface area contributed by atoms with E-state index in [1.54, 1.807) is 0 Å². The third kappa shape index (κ3) is 7.59. The van der Waals surface area contributed by atoms with Gasteiger partial charge in [-0.1, -0.05) is 24.3 Å². The Morgan fingerprint density at radius 3 is 2.37 bits per heavy atom. The van der Waals surface area contributed by atoms with Crippen LogP contribution in [0.25, 0.3) is 0 Å². The number of halogens is 2. The van der Waals surface area contributed by atoms with Gasteiger partial charge in [0, 0.05) is 32.7 Å². The normalized spacial score (nSPS) is 25.8.